The number of benzene rings is 2. The summed E-state index contributed by atoms with van der Waals surface area (Å²) in [5, 5.41) is 10.6. The molecule has 2 aromatic rings. The topological polar surface area (TPSA) is 78.7 Å². The fraction of sp³-hybridized carbons (Fsp3) is 0.167. The highest BCUT2D eigenvalue weighted by Crippen LogP contribution is 2.17. The molecule has 0 fully saturated rings. The van der Waals surface area contributed by atoms with Crippen LogP contribution in [0.1, 0.15) is 18.1 Å². The first-order valence-corrected chi connectivity index (χ1v) is 7.39. The molecule has 0 saturated carbocycles. The summed E-state index contributed by atoms with van der Waals surface area (Å²) in [7, 11) is 0. The number of non-ortho nitro benzene ring substituents is 1. The summed E-state index contributed by atoms with van der Waals surface area (Å²) < 4.78 is 10.4. The van der Waals surface area contributed by atoms with Crippen molar-refractivity contribution in [2.45, 2.75) is 13.5 Å². The highest BCUT2D eigenvalue weighted by atomic mass is 16.6. The number of hydrogen-bond donors (Lipinski definition) is 0. The lowest BCUT2D eigenvalue weighted by Crippen LogP contribution is -1.98. The van der Waals surface area contributed by atoms with Crippen molar-refractivity contribution in [1.29, 1.82) is 0 Å². The molecule has 0 amide bonds. The van der Waals surface area contributed by atoms with Crippen molar-refractivity contribution in [3.05, 3.63) is 75.8 Å². The summed E-state index contributed by atoms with van der Waals surface area (Å²) in [6.07, 6.45) is 3.04. The Kier molecular flexibility index (Phi) is 6.08. The third-order valence-corrected chi connectivity index (χ3v) is 3.13. The summed E-state index contributed by atoms with van der Waals surface area (Å²) in [5.74, 6) is 0.289. The highest BCUT2D eigenvalue weighted by Gasteiger charge is 2.04. The van der Waals surface area contributed by atoms with E-state index in [0.717, 1.165) is 11.1 Å². The average molecular weight is 327 g/mol. The Bertz CT molecular complexity index is 720. The van der Waals surface area contributed by atoms with Crippen molar-refractivity contribution in [3.63, 3.8) is 0 Å². The number of carbonyl (C=O) groups excluding carboxylic acids is 1. The Morgan fingerprint density at radius 3 is 2.38 bits per heavy atom. The number of rotatable bonds is 7. The molecule has 0 heterocycles. The number of nitrogens with zero attached hydrogens (tertiary/aromatic N) is 1. The molecular weight excluding hydrogens is 310 g/mol. The Hall–Kier alpha value is -3.15. The molecule has 2 rings (SSSR count). The van der Waals surface area contributed by atoms with Gasteiger partial charge in [0.15, 0.2) is 0 Å². The molecule has 0 unspecified atom stereocenters. The van der Waals surface area contributed by atoms with E-state index in [4.69, 9.17) is 9.47 Å². The number of esters is 1. The maximum absolute atomic E-state index is 11.2. The van der Waals surface area contributed by atoms with Crippen LogP contribution in [0.2, 0.25) is 0 Å². The fourth-order valence-electron chi connectivity index (χ4n) is 1.91. The van der Waals surface area contributed by atoms with Crippen LogP contribution in [0.4, 0.5) is 5.69 Å². The molecule has 0 aromatic heterocycles. The molecule has 0 bridgehead atoms. The average Bonchev–Trinajstić information content (AvgIpc) is 2.59. The Labute approximate surface area is 139 Å². The van der Waals surface area contributed by atoms with Crippen LogP contribution in [0.15, 0.2) is 54.6 Å². The van der Waals surface area contributed by atoms with Gasteiger partial charge in [-0.15, -0.1) is 0 Å². The molecule has 0 aliphatic carbocycles. The van der Waals surface area contributed by atoms with E-state index in [9.17, 15) is 14.9 Å². The van der Waals surface area contributed by atoms with Gasteiger partial charge in [-0.2, -0.15) is 0 Å². The van der Waals surface area contributed by atoms with E-state index in [-0.39, 0.29) is 11.7 Å². The zero-order valence-corrected chi connectivity index (χ0v) is 13.2. The normalized spacial score (nSPS) is 10.5. The minimum absolute atomic E-state index is 0.0523. The molecule has 0 aliphatic heterocycles. The van der Waals surface area contributed by atoms with Crippen molar-refractivity contribution in [2.24, 2.45) is 0 Å². The lowest BCUT2D eigenvalue weighted by molar-refractivity contribution is -0.384. The van der Waals surface area contributed by atoms with E-state index in [1.165, 1.54) is 18.2 Å². The number of nitro benzene ring substituents is 1. The quantitative estimate of drug-likeness (QED) is 0.335. The van der Waals surface area contributed by atoms with Gasteiger partial charge in [-0.05, 0) is 48.4 Å². The third-order valence-electron chi connectivity index (χ3n) is 3.13. The molecule has 6 nitrogen and oxygen atoms in total. The van der Waals surface area contributed by atoms with Crippen LogP contribution in [0, 0.1) is 10.1 Å². The highest BCUT2D eigenvalue weighted by molar-refractivity contribution is 5.87. The summed E-state index contributed by atoms with van der Waals surface area (Å²) in [5.41, 5.74) is 1.74. The van der Waals surface area contributed by atoms with Gasteiger partial charge in [0.2, 0.25) is 0 Å². The Morgan fingerprint density at radius 1 is 1.12 bits per heavy atom. The molecule has 0 radical (unpaired) electrons. The number of nitro groups is 1. The zero-order chi connectivity index (χ0) is 17.4. The Morgan fingerprint density at radius 2 is 1.79 bits per heavy atom. The van der Waals surface area contributed by atoms with Gasteiger partial charge in [-0.1, -0.05) is 12.1 Å². The van der Waals surface area contributed by atoms with E-state index in [0.29, 0.717) is 19.0 Å². The third kappa shape index (κ3) is 5.24. The van der Waals surface area contributed by atoms with Crippen LogP contribution in [0.5, 0.6) is 5.75 Å². The van der Waals surface area contributed by atoms with Crippen LogP contribution < -0.4 is 4.74 Å². The summed E-state index contributed by atoms with van der Waals surface area (Å²) in [6.45, 7) is 2.41. The van der Waals surface area contributed by atoms with Crippen LogP contribution in [-0.2, 0) is 16.1 Å². The first-order valence-electron chi connectivity index (χ1n) is 7.39. The molecule has 0 spiro atoms. The second-order valence-electron chi connectivity index (χ2n) is 4.87. The van der Waals surface area contributed by atoms with E-state index in [1.54, 1.807) is 37.3 Å². The van der Waals surface area contributed by atoms with Crippen molar-refractivity contribution in [2.75, 3.05) is 6.61 Å². The first-order chi connectivity index (χ1) is 11.6. The number of hydrogen-bond acceptors (Lipinski definition) is 5. The lowest BCUT2D eigenvalue weighted by atomic mass is 10.2. The van der Waals surface area contributed by atoms with Crippen molar-refractivity contribution in [1.82, 2.24) is 0 Å². The fourth-order valence-corrected chi connectivity index (χ4v) is 1.91. The van der Waals surface area contributed by atoms with Gasteiger partial charge in [0, 0.05) is 18.2 Å². The molecule has 24 heavy (non-hydrogen) atoms. The van der Waals surface area contributed by atoms with E-state index in [1.807, 2.05) is 12.1 Å². The lowest BCUT2D eigenvalue weighted by Gasteiger charge is -2.06. The predicted octanol–water partition coefficient (Wildman–Crippen LogP) is 3.75. The SMILES string of the molecule is CCOC(=O)/C=C/c1ccc(OCc2ccc([N+](=O)[O-])cc2)cc1. The van der Waals surface area contributed by atoms with Crippen molar-refractivity contribution < 1.29 is 19.2 Å². The molecule has 0 N–H and O–H groups in total. The van der Waals surface area contributed by atoms with E-state index in [2.05, 4.69) is 0 Å². The van der Waals surface area contributed by atoms with Gasteiger partial charge in [0.1, 0.15) is 12.4 Å². The maximum atomic E-state index is 11.2. The summed E-state index contributed by atoms with van der Waals surface area (Å²) >= 11 is 0. The largest absolute Gasteiger partial charge is 0.489 e. The van der Waals surface area contributed by atoms with Crippen LogP contribution in [-0.4, -0.2) is 17.5 Å². The Balaban J connectivity index is 1.89. The molecular formula is C18H17NO5. The van der Waals surface area contributed by atoms with Gasteiger partial charge in [0.05, 0.1) is 11.5 Å². The number of ether oxygens (including phenoxy) is 2. The van der Waals surface area contributed by atoms with Crippen LogP contribution in [0.3, 0.4) is 0 Å². The van der Waals surface area contributed by atoms with Crippen LogP contribution in [0.25, 0.3) is 6.08 Å². The summed E-state index contributed by atoms with van der Waals surface area (Å²) in [4.78, 5) is 21.4. The van der Waals surface area contributed by atoms with Gasteiger partial charge in [0.25, 0.3) is 5.69 Å². The van der Waals surface area contributed by atoms with Crippen LogP contribution >= 0.6 is 0 Å². The monoisotopic (exact) mass is 327 g/mol. The molecule has 6 heteroatoms. The molecule has 0 atom stereocenters. The molecule has 0 aliphatic rings. The second kappa shape index (κ2) is 8.47. The zero-order valence-electron chi connectivity index (χ0n) is 13.2. The van der Waals surface area contributed by atoms with Gasteiger partial charge < -0.3 is 9.47 Å². The standard InChI is InChI=1S/C18H17NO5/c1-2-23-18(20)12-7-14-5-10-17(11-6-14)24-13-15-3-8-16(9-4-15)19(21)22/h3-12H,2,13H2,1H3/b12-7+. The van der Waals surface area contributed by atoms with Crippen molar-refractivity contribution >= 4 is 17.7 Å². The summed E-state index contributed by atoms with van der Waals surface area (Å²) in [6, 6.07) is 13.4. The van der Waals surface area contributed by atoms with E-state index < -0.39 is 4.92 Å². The van der Waals surface area contributed by atoms with E-state index >= 15 is 0 Å². The smallest absolute Gasteiger partial charge is 0.330 e. The number of carbonyl (C=O) groups is 1. The predicted molar refractivity (Wildman–Crippen MR) is 89.5 cm³/mol. The second-order valence-corrected chi connectivity index (χ2v) is 4.87. The minimum atomic E-state index is -0.437. The van der Waals surface area contributed by atoms with Gasteiger partial charge in [-0.3, -0.25) is 10.1 Å². The van der Waals surface area contributed by atoms with Gasteiger partial charge in [-0.25, -0.2) is 4.79 Å². The molecule has 2 aromatic carbocycles. The van der Waals surface area contributed by atoms with Gasteiger partial charge >= 0.3 is 5.97 Å². The minimum Gasteiger partial charge on any atom is -0.489 e. The molecule has 124 valence electrons. The van der Waals surface area contributed by atoms with Crippen molar-refractivity contribution in [3.8, 4) is 5.75 Å². The maximum Gasteiger partial charge on any atom is 0.330 e. The first kappa shape index (κ1) is 17.2. The molecule has 0 saturated heterocycles.